The SMILES string of the molecule is CCn1c2ccc(C(=O)c3ccccc3C)cc2c2c3occ(NOC(=O)C(C)(C)OC)c3ccc21. The first kappa shape index (κ1) is 23.6. The molecule has 36 heavy (non-hydrogen) atoms. The van der Waals surface area contributed by atoms with Crippen LogP contribution in [0.1, 0.15) is 42.3 Å². The number of ketones is 1. The summed E-state index contributed by atoms with van der Waals surface area (Å²) >= 11 is 0. The number of aromatic nitrogens is 1. The molecule has 0 aliphatic heterocycles. The number of fused-ring (bicyclic) bond motifs is 5. The van der Waals surface area contributed by atoms with Gasteiger partial charge in [0.1, 0.15) is 17.5 Å². The number of rotatable bonds is 7. The molecule has 0 radical (unpaired) electrons. The third-order valence-corrected chi connectivity index (χ3v) is 6.79. The number of carbonyl (C=O) groups is 2. The number of benzene rings is 3. The van der Waals surface area contributed by atoms with Gasteiger partial charge in [-0.3, -0.25) is 4.79 Å². The molecule has 0 spiro atoms. The van der Waals surface area contributed by atoms with Gasteiger partial charge >= 0.3 is 5.97 Å². The number of hydrogen-bond acceptors (Lipinski definition) is 6. The second-order valence-electron chi connectivity index (χ2n) is 9.31. The van der Waals surface area contributed by atoms with E-state index in [1.54, 1.807) is 13.8 Å². The van der Waals surface area contributed by atoms with Crippen molar-refractivity contribution >= 4 is 50.2 Å². The van der Waals surface area contributed by atoms with Crippen molar-refractivity contribution in [2.24, 2.45) is 0 Å². The van der Waals surface area contributed by atoms with Gasteiger partial charge in [0, 0.05) is 41.1 Å². The zero-order valence-electron chi connectivity index (χ0n) is 21.0. The summed E-state index contributed by atoms with van der Waals surface area (Å²) in [5, 5.41) is 2.59. The number of ether oxygens (including phenoxy) is 1. The summed E-state index contributed by atoms with van der Waals surface area (Å²) in [4.78, 5) is 30.9. The summed E-state index contributed by atoms with van der Waals surface area (Å²) in [5.74, 6) is -0.573. The maximum absolute atomic E-state index is 13.3. The van der Waals surface area contributed by atoms with E-state index in [1.165, 1.54) is 13.4 Å². The van der Waals surface area contributed by atoms with Gasteiger partial charge in [-0.15, -0.1) is 0 Å². The lowest BCUT2D eigenvalue weighted by Crippen LogP contribution is -2.36. The van der Waals surface area contributed by atoms with E-state index in [4.69, 9.17) is 14.0 Å². The molecule has 5 rings (SSSR count). The van der Waals surface area contributed by atoms with Crippen LogP contribution in [0, 0.1) is 6.92 Å². The third kappa shape index (κ3) is 3.72. The molecular weight excluding hydrogens is 456 g/mol. The Hall–Kier alpha value is -4.10. The molecule has 0 bridgehead atoms. The highest BCUT2D eigenvalue weighted by atomic mass is 16.7. The van der Waals surface area contributed by atoms with Crippen molar-refractivity contribution < 1.29 is 23.6 Å². The molecule has 0 unspecified atom stereocenters. The van der Waals surface area contributed by atoms with Crippen LogP contribution in [-0.4, -0.2) is 29.0 Å². The zero-order chi connectivity index (χ0) is 25.6. The monoisotopic (exact) mass is 484 g/mol. The molecule has 2 aromatic heterocycles. The van der Waals surface area contributed by atoms with Crippen LogP contribution in [0.2, 0.25) is 0 Å². The number of aryl methyl sites for hydroxylation is 2. The number of methoxy groups -OCH3 is 1. The molecule has 1 N–H and O–H groups in total. The van der Waals surface area contributed by atoms with Crippen LogP contribution in [0.3, 0.4) is 0 Å². The van der Waals surface area contributed by atoms with Crippen molar-refractivity contribution in [3.8, 4) is 0 Å². The van der Waals surface area contributed by atoms with Crippen LogP contribution in [0.5, 0.6) is 0 Å². The topological polar surface area (TPSA) is 82.7 Å². The van der Waals surface area contributed by atoms with E-state index in [9.17, 15) is 9.59 Å². The minimum absolute atomic E-state index is 0.0194. The van der Waals surface area contributed by atoms with E-state index in [-0.39, 0.29) is 5.78 Å². The Labute approximate surface area is 208 Å². The van der Waals surface area contributed by atoms with Gasteiger partial charge in [-0.1, -0.05) is 24.3 Å². The van der Waals surface area contributed by atoms with Gasteiger partial charge in [0.2, 0.25) is 0 Å². The first-order chi connectivity index (χ1) is 17.3. The molecule has 184 valence electrons. The summed E-state index contributed by atoms with van der Waals surface area (Å²) in [6.45, 7) is 8.04. The van der Waals surface area contributed by atoms with Crippen molar-refractivity contribution in [2.45, 2.75) is 39.8 Å². The van der Waals surface area contributed by atoms with Crippen molar-refractivity contribution in [3.05, 3.63) is 77.6 Å². The van der Waals surface area contributed by atoms with Gasteiger partial charge in [0.05, 0.1) is 10.9 Å². The largest absolute Gasteiger partial charge is 0.461 e. The maximum atomic E-state index is 13.3. The second kappa shape index (κ2) is 8.84. The molecule has 2 heterocycles. The number of hydrogen-bond donors (Lipinski definition) is 1. The van der Waals surface area contributed by atoms with Crippen LogP contribution in [-0.2, 0) is 20.9 Å². The van der Waals surface area contributed by atoms with E-state index >= 15 is 0 Å². The number of furan rings is 1. The molecule has 0 saturated carbocycles. The Morgan fingerprint density at radius 1 is 1.03 bits per heavy atom. The van der Waals surface area contributed by atoms with Crippen LogP contribution >= 0.6 is 0 Å². The Balaban J connectivity index is 1.63. The lowest BCUT2D eigenvalue weighted by molar-refractivity contribution is -0.161. The van der Waals surface area contributed by atoms with E-state index in [2.05, 4.69) is 17.0 Å². The van der Waals surface area contributed by atoms with Crippen molar-refractivity contribution in [2.75, 3.05) is 12.6 Å². The standard InChI is InChI=1S/C29H28N2O5/c1-6-31-23-13-11-18(26(32)19-10-8-7-9-17(19)2)15-21(23)25-24(31)14-12-20-22(16-35-27(20)25)30-36-28(33)29(3,4)34-5/h7-16,30H,6H2,1-5H3. The summed E-state index contributed by atoms with van der Waals surface area (Å²) in [6, 6.07) is 17.4. The minimum atomic E-state index is -1.09. The minimum Gasteiger partial charge on any atom is -0.461 e. The van der Waals surface area contributed by atoms with Crippen LogP contribution in [0.15, 0.2) is 65.3 Å². The fraction of sp³-hybridized carbons (Fsp3) is 0.241. The normalized spacial score (nSPS) is 11.9. The van der Waals surface area contributed by atoms with E-state index in [1.807, 2.05) is 61.5 Å². The van der Waals surface area contributed by atoms with Crippen LogP contribution < -0.4 is 5.48 Å². The quantitative estimate of drug-likeness (QED) is 0.213. The van der Waals surface area contributed by atoms with Gasteiger partial charge in [-0.25, -0.2) is 10.3 Å². The van der Waals surface area contributed by atoms with Gasteiger partial charge in [0.15, 0.2) is 11.4 Å². The Morgan fingerprint density at radius 2 is 1.78 bits per heavy atom. The fourth-order valence-corrected chi connectivity index (χ4v) is 4.53. The molecular formula is C29H28N2O5. The summed E-state index contributed by atoms with van der Waals surface area (Å²) in [7, 11) is 1.45. The predicted molar refractivity (Wildman–Crippen MR) is 140 cm³/mol. The molecule has 7 heteroatoms. The summed E-state index contributed by atoms with van der Waals surface area (Å²) < 4.78 is 13.4. The second-order valence-corrected chi connectivity index (χ2v) is 9.31. The lowest BCUT2D eigenvalue weighted by Gasteiger charge is -2.20. The molecule has 0 fully saturated rings. The van der Waals surface area contributed by atoms with Crippen molar-refractivity contribution in [3.63, 3.8) is 0 Å². The predicted octanol–water partition coefficient (Wildman–Crippen LogP) is 6.40. The molecule has 0 saturated heterocycles. The average Bonchev–Trinajstić information content (AvgIpc) is 3.44. The van der Waals surface area contributed by atoms with Crippen molar-refractivity contribution in [1.82, 2.24) is 4.57 Å². The highest BCUT2D eigenvalue weighted by molar-refractivity contribution is 6.22. The first-order valence-electron chi connectivity index (χ1n) is 11.9. The number of anilines is 1. The number of nitrogens with zero attached hydrogens (tertiary/aromatic N) is 1. The lowest BCUT2D eigenvalue weighted by atomic mass is 9.97. The average molecular weight is 485 g/mol. The van der Waals surface area contributed by atoms with Gasteiger partial charge in [-0.2, -0.15) is 0 Å². The van der Waals surface area contributed by atoms with Crippen LogP contribution in [0.4, 0.5) is 5.69 Å². The summed E-state index contributed by atoms with van der Waals surface area (Å²) in [5.41, 5.74) is 7.05. The van der Waals surface area contributed by atoms with E-state index < -0.39 is 11.6 Å². The molecule has 0 aliphatic carbocycles. The zero-order valence-corrected chi connectivity index (χ0v) is 21.0. The molecule has 5 aromatic rings. The smallest absolute Gasteiger partial charge is 0.362 e. The number of carbonyl (C=O) groups excluding carboxylic acids is 2. The highest BCUT2D eigenvalue weighted by Crippen LogP contribution is 2.39. The molecule has 7 nitrogen and oxygen atoms in total. The Bertz CT molecular complexity index is 1640. The van der Waals surface area contributed by atoms with Gasteiger partial charge in [0.25, 0.3) is 0 Å². The van der Waals surface area contributed by atoms with E-state index in [0.717, 1.165) is 39.3 Å². The highest BCUT2D eigenvalue weighted by Gasteiger charge is 2.30. The Morgan fingerprint density at radius 3 is 2.50 bits per heavy atom. The third-order valence-electron chi connectivity index (χ3n) is 6.79. The Kier molecular flexibility index (Phi) is 5.80. The van der Waals surface area contributed by atoms with E-state index in [0.29, 0.717) is 22.4 Å². The maximum Gasteiger partial charge on any atom is 0.362 e. The summed E-state index contributed by atoms with van der Waals surface area (Å²) in [6.07, 6.45) is 1.52. The van der Waals surface area contributed by atoms with Gasteiger partial charge < -0.3 is 18.6 Å². The fourth-order valence-electron chi connectivity index (χ4n) is 4.53. The number of nitrogens with one attached hydrogen (secondary N) is 1. The molecule has 0 amide bonds. The molecule has 0 aliphatic rings. The van der Waals surface area contributed by atoms with Crippen LogP contribution in [0.25, 0.3) is 32.8 Å². The molecule has 3 aromatic carbocycles. The van der Waals surface area contributed by atoms with Crippen molar-refractivity contribution in [1.29, 1.82) is 0 Å². The molecule has 0 atom stereocenters. The first-order valence-corrected chi connectivity index (χ1v) is 11.9. The van der Waals surface area contributed by atoms with Gasteiger partial charge in [-0.05, 0) is 63.6 Å².